The van der Waals surface area contributed by atoms with Crippen LogP contribution in [-0.2, 0) is 4.79 Å². The van der Waals surface area contributed by atoms with Gasteiger partial charge in [0.1, 0.15) is 5.75 Å². The number of aromatic amines is 1. The van der Waals surface area contributed by atoms with Gasteiger partial charge in [-0.1, -0.05) is 50.2 Å². The highest BCUT2D eigenvalue weighted by Crippen LogP contribution is 2.31. The van der Waals surface area contributed by atoms with E-state index >= 15 is 0 Å². The van der Waals surface area contributed by atoms with E-state index in [1.54, 1.807) is 18.4 Å². The second kappa shape index (κ2) is 10.7. The Balaban J connectivity index is 1.49. The maximum atomic E-state index is 12.8. The topological polar surface area (TPSA) is 66.2 Å². The molecule has 4 aromatic rings. The number of amides is 1. The first-order valence-electron chi connectivity index (χ1n) is 11.3. The minimum Gasteiger partial charge on any atom is -0.497 e. The van der Waals surface area contributed by atoms with Gasteiger partial charge in [-0.3, -0.25) is 4.79 Å². The van der Waals surface area contributed by atoms with Crippen LogP contribution in [0.1, 0.15) is 41.8 Å². The molecule has 2 aromatic carbocycles. The molecular weight excluding hydrogens is 430 g/mol. The molecule has 0 bridgehead atoms. The van der Waals surface area contributed by atoms with Crippen molar-refractivity contribution in [2.75, 3.05) is 20.2 Å². The number of para-hydroxylation sites is 1. The number of rotatable bonds is 10. The molecule has 2 atom stereocenters. The quantitative estimate of drug-likeness (QED) is 0.293. The number of nitrogens with one attached hydrogen (secondary N) is 3. The Morgan fingerprint density at radius 2 is 1.85 bits per heavy atom. The maximum absolute atomic E-state index is 12.8. The summed E-state index contributed by atoms with van der Waals surface area (Å²) in [5, 5.41) is 9.85. The molecule has 0 saturated carbocycles. The van der Waals surface area contributed by atoms with E-state index in [4.69, 9.17) is 4.74 Å². The van der Waals surface area contributed by atoms with Crippen molar-refractivity contribution in [3.8, 4) is 5.75 Å². The van der Waals surface area contributed by atoms with Crippen LogP contribution in [0.5, 0.6) is 5.75 Å². The Hall–Kier alpha value is -3.09. The van der Waals surface area contributed by atoms with Crippen LogP contribution in [0.2, 0.25) is 0 Å². The average Bonchev–Trinajstić information content (AvgIpc) is 3.50. The molecule has 3 N–H and O–H groups in total. The fraction of sp³-hybridized carbons (Fsp3) is 0.296. The number of benzene rings is 2. The number of hydrogen-bond donors (Lipinski definition) is 3. The Morgan fingerprint density at radius 3 is 2.55 bits per heavy atom. The lowest BCUT2D eigenvalue weighted by molar-refractivity contribution is -0.120. The summed E-state index contributed by atoms with van der Waals surface area (Å²) in [6, 6.07) is 20.7. The van der Waals surface area contributed by atoms with E-state index in [1.165, 1.54) is 15.8 Å². The van der Waals surface area contributed by atoms with E-state index in [1.807, 2.05) is 24.3 Å². The highest BCUT2D eigenvalue weighted by atomic mass is 32.1. The maximum Gasteiger partial charge on any atom is 0.234 e. The van der Waals surface area contributed by atoms with Crippen molar-refractivity contribution < 1.29 is 9.53 Å². The molecule has 2 unspecified atom stereocenters. The lowest BCUT2D eigenvalue weighted by Gasteiger charge is -2.22. The monoisotopic (exact) mass is 461 g/mol. The van der Waals surface area contributed by atoms with Gasteiger partial charge in [0.25, 0.3) is 0 Å². The van der Waals surface area contributed by atoms with Gasteiger partial charge in [0.15, 0.2) is 0 Å². The third-order valence-electron chi connectivity index (χ3n) is 6.02. The molecule has 2 heterocycles. The number of methoxy groups -OCH3 is 1. The summed E-state index contributed by atoms with van der Waals surface area (Å²) in [5.41, 5.74) is 3.39. The minimum absolute atomic E-state index is 0.00411. The van der Waals surface area contributed by atoms with Gasteiger partial charge >= 0.3 is 0 Å². The predicted molar refractivity (Wildman–Crippen MR) is 136 cm³/mol. The second-order valence-electron chi connectivity index (χ2n) is 8.54. The Labute approximate surface area is 199 Å². The largest absolute Gasteiger partial charge is 0.497 e. The SMILES string of the molecule is COc1ccc(C(CNC(=O)CNC(c2cccs2)C(C)C)c2c[nH]c3ccccc23)cc1. The summed E-state index contributed by atoms with van der Waals surface area (Å²) in [7, 11) is 1.67. The number of aromatic nitrogens is 1. The molecular formula is C27H31N3O2S. The number of carbonyl (C=O) groups excluding carboxylic acids is 1. The zero-order chi connectivity index (χ0) is 23.2. The highest BCUT2D eigenvalue weighted by molar-refractivity contribution is 7.10. The number of hydrogen-bond acceptors (Lipinski definition) is 4. The van der Waals surface area contributed by atoms with Gasteiger partial charge in [-0.2, -0.15) is 0 Å². The van der Waals surface area contributed by atoms with E-state index < -0.39 is 0 Å². The van der Waals surface area contributed by atoms with Crippen LogP contribution in [0.15, 0.2) is 72.2 Å². The number of H-pyrrole nitrogens is 1. The van der Waals surface area contributed by atoms with E-state index in [9.17, 15) is 4.79 Å². The fourth-order valence-corrected chi connectivity index (χ4v) is 5.21. The van der Waals surface area contributed by atoms with Gasteiger partial charge in [0, 0.05) is 40.5 Å². The third-order valence-corrected chi connectivity index (χ3v) is 6.97. The van der Waals surface area contributed by atoms with Crippen LogP contribution in [0.25, 0.3) is 10.9 Å². The van der Waals surface area contributed by atoms with E-state index in [2.05, 4.69) is 77.4 Å². The normalized spacial score (nSPS) is 13.2. The highest BCUT2D eigenvalue weighted by Gasteiger charge is 2.21. The summed E-state index contributed by atoms with van der Waals surface area (Å²) in [4.78, 5) is 17.4. The molecule has 2 aromatic heterocycles. The molecule has 0 aliphatic heterocycles. The van der Waals surface area contributed by atoms with Crippen LogP contribution >= 0.6 is 11.3 Å². The van der Waals surface area contributed by atoms with Gasteiger partial charge < -0.3 is 20.4 Å². The second-order valence-corrected chi connectivity index (χ2v) is 9.52. The van der Waals surface area contributed by atoms with Crippen LogP contribution in [-0.4, -0.2) is 31.1 Å². The predicted octanol–water partition coefficient (Wildman–Crippen LogP) is 5.47. The molecule has 6 heteroatoms. The van der Waals surface area contributed by atoms with Crippen molar-refractivity contribution in [2.45, 2.75) is 25.8 Å². The smallest absolute Gasteiger partial charge is 0.234 e. The number of fused-ring (bicyclic) bond motifs is 1. The Morgan fingerprint density at radius 1 is 1.06 bits per heavy atom. The fourth-order valence-electron chi connectivity index (χ4n) is 4.24. The summed E-state index contributed by atoms with van der Waals surface area (Å²) in [6.07, 6.45) is 2.05. The summed E-state index contributed by atoms with van der Waals surface area (Å²) < 4.78 is 5.33. The molecule has 0 radical (unpaired) electrons. The van der Waals surface area contributed by atoms with Gasteiger partial charge in [0.05, 0.1) is 13.7 Å². The first-order valence-corrected chi connectivity index (χ1v) is 12.2. The average molecular weight is 462 g/mol. The lowest BCUT2D eigenvalue weighted by Crippen LogP contribution is -2.38. The van der Waals surface area contributed by atoms with Gasteiger partial charge in [-0.25, -0.2) is 0 Å². The first kappa shape index (κ1) is 23.1. The van der Waals surface area contributed by atoms with Crippen molar-refractivity contribution in [2.24, 2.45) is 5.92 Å². The summed E-state index contributed by atoms with van der Waals surface area (Å²) >= 11 is 1.72. The van der Waals surface area contributed by atoms with E-state index in [-0.39, 0.29) is 24.4 Å². The lowest BCUT2D eigenvalue weighted by atomic mass is 9.90. The Kier molecular flexibility index (Phi) is 7.47. The van der Waals surface area contributed by atoms with Crippen LogP contribution in [0.4, 0.5) is 0 Å². The Bertz CT molecular complexity index is 1170. The molecule has 33 heavy (non-hydrogen) atoms. The molecule has 0 aliphatic carbocycles. The first-order chi connectivity index (χ1) is 16.1. The van der Waals surface area contributed by atoms with Crippen molar-refractivity contribution in [1.82, 2.24) is 15.6 Å². The van der Waals surface area contributed by atoms with Crippen LogP contribution in [0.3, 0.4) is 0 Å². The standard InChI is InChI=1S/C27H31N3O2S/c1-18(2)27(25-9-6-14-33-25)30-17-26(31)29-15-22(19-10-12-20(32-3)13-11-19)23-16-28-24-8-5-4-7-21(23)24/h4-14,16,18,22,27-28,30H,15,17H2,1-3H3,(H,29,31). The molecule has 0 aliphatic rings. The van der Waals surface area contributed by atoms with Crippen molar-refractivity contribution >= 4 is 28.1 Å². The van der Waals surface area contributed by atoms with Gasteiger partial charge in [0.2, 0.25) is 5.91 Å². The molecule has 0 fully saturated rings. The van der Waals surface area contributed by atoms with Gasteiger partial charge in [-0.05, 0) is 46.7 Å². The van der Waals surface area contributed by atoms with E-state index in [0.717, 1.165) is 16.8 Å². The molecule has 172 valence electrons. The van der Waals surface area contributed by atoms with Crippen LogP contribution in [0, 0.1) is 5.92 Å². The van der Waals surface area contributed by atoms with Crippen molar-refractivity contribution in [3.05, 3.63) is 88.2 Å². The zero-order valence-electron chi connectivity index (χ0n) is 19.3. The molecule has 1 amide bonds. The number of carbonyl (C=O) groups is 1. The van der Waals surface area contributed by atoms with Crippen LogP contribution < -0.4 is 15.4 Å². The summed E-state index contributed by atoms with van der Waals surface area (Å²) in [6.45, 7) is 5.14. The molecule has 4 rings (SSSR count). The molecule has 5 nitrogen and oxygen atoms in total. The number of thiophene rings is 1. The molecule has 0 spiro atoms. The van der Waals surface area contributed by atoms with Crippen molar-refractivity contribution in [3.63, 3.8) is 0 Å². The zero-order valence-corrected chi connectivity index (χ0v) is 20.1. The summed E-state index contributed by atoms with van der Waals surface area (Å²) in [5.74, 6) is 1.23. The van der Waals surface area contributed by atoms with E-state index in [0.29, 0.717) is 12.5 Å². The number of ether oxygens (including phenoxy) is 1. The minimum atomic E-state index is -0.00411. The molecule has 0 saturated heterocycles. The van der Waals surface area contributed by atoms with Crippen molar-refractivity contribution in [1.29, 1.82) is 0 Å². The van der Waals surface area contributed by atoms with Gasteiger partial charge in [-0.15, -0.1) is 11.3 Å². The third kappa shape index (κ3) is 5.46.